The van der Waals surface area contributed by atoms with Crippen molar-refractivity contribution in [3.63, 3.8) is 0 Å². The third-order valence-electron chi connectivity index (χ3n) is 3.01. The van der Waals surface area contributed by atoms with Gasteiger partial charge in [0.15, 0.2) is 0 Å². The number of hydrogen-bond acceptors (Lipinski definition) is 4. The number of rotatable bonds is 4. The van der Waals surface area contributed by atoms with E-state index < -0.39 is 17.5 Å². The van der Waals surface area contributed by atoms with Crippen LogP contribution in [0.15, 0.2) is 18.2 Å². The van der Waals surface area contributed by atoms with Gasteiger partial charge in [-0.25, -0.2) is 4.39 Å². The van der Waals surface area contributed by atoms with Gasteiger partial charge in [-0.1, -0.05) is 6.07 Å². The highest BCUT2D eigenvalue weighted by molar-refractivity contribution is 5.75. The van der Waals surface area contributed by atoms with E-state index in [0.29, 0.717) is 5.56 Å². The number of carbonyl (C=O) groups is 1. The number of nitriles is 1. The molecule has 0 saturated heterocycles. The first-order chi connectivity index (χ1) is 9.64. The highest BCUT2D eigenvalue weighted by Gasteiger charge is 2.25. The number of ether oxygens (including phenoxy) is 1. The molecule has 0 N–H and O–H groups in total. The van der Waals surface area contributed by atoms with Crippen LogP contribution >= 0.6 is 0 Å². The number of likely N-dealkylation sites (N-methyl/N-ethyl adjacent to an activating group) is 1. The van der Waals surface area contributed by atoms with Crippen LogP contribution in [-0.4, -0.2) is 29.6 Å². The van der Waals surface area contributed by atoms with Gasteiger partial charge in [0.1, 0.15) is 17.5 Å². The normalized spacial score (nSPS) is 12.9. The molecule has 114 valence electrons. The quantitative estimate of drug-likeness (QED) is 0.801. The van der Waals surface area contributed by atoms with Crippen LogP contribution in [0, 0.1) is 17.1 Å². The predicted octanol–water partition coefficient (Wildman–Crippen LogP) is 2.86. The van der Waals surface area contributed by atoms with E-state index in [1.807, 2.05) is 6.07 Å². The van der Waals surface area contributed by atoms with Crippen molar-refractivity contribution in [3.8, 4) is 6.07 Å². The predicted molar refractivity (Wildman–Crippen MR) is 77.9 cm³/mol. The third kappa shape index (κ3) is 5.16. The molecule has 0 radical (unpaired) electrons. The summed E-state index contributed by atoms with van der Waals surface area (Å²) >= 11 is 0. The van der Waals surface area contributed by atoms with E-state index in [0.717, 1.165) is 0 Å². The highest BCUT2D eigenvalue weighted by Crippen LogP contribution is 2.15. The lowest BCUT2D eigenvalue weighted by atomic mass is 10.1. The summed E-state index contributed by atoms with van der Waals surface area (Å²) in [5, 5.41) is 8.72. The Hall–Kier alpha value is -1.93. The fourth-order valence-corrected chi connectivity index (χ4v) is 1.72. The molecule has 1 aromatic rings. The lowest BCUT2D eigenvalue weighted by Crippen LogP contribution is -2.40. The van der Waals surface area contributed by atoms with Crippen LogP contribution in [0.2, 0.25) is 0 Å². The van der Waals surface area contributed by atoms with Crippen LogP contribution in [0.1, 0.15) is 38.8 Å². The molecule has 0 fully saturated rings. The molecule has 5 heteroatoms. The lowest BCUT2D eigenvalue weighted by Gasteiger charge is -2.27. The molecule has 21 heavy (non-hydrogen) atoms. The summed E-state index contributed by atoms with van der Waals surface area (Å²) < 4.78 is 19.1. The van der Waals surface area contributed by atoms with Crippen molar-refractivity contribution in [1.82, 2.24) is 4.90 Å². The van der Waals surface area contributed by atoms with Gasteiger partial charge in [0, 0.05) is 12.1 Å². The molecule has 0 saturated carbocycles. The van der Waals surface area contributed by atoms with Crippen LogP contribution in [0.25, 0.3) is 0 Å². The molecule has 0 heterocycles. The Morgan fingerprint density at radius 1 is 1.48 bits per heavy atom. The van der Waals surface area contributed by atoms with Crippen molar-refractivity contribution < 1.29 is 13.9 Å². The summed E-state index contributed by atoms with van der Waals surface area (Å²) in [6.07, 6.45) is 0. The van der Waals surface area contributed by atoms with Crippen molar-refractivity contribution in [2.45, 2.75) is 45.9 Å². The summed E-state index contributed by atoms with van der Waals surface area (Å²) in [6, 6.07) is 5.72. The Kier molecular flexibility index (Phi) is 5.45. The van der Waals surface area contributed by atoms with Gasteiger partial charge >= 0.3 is 5.97 Å². The molecule has 1 aromatic carbocycles. The molecule has 0 amide bonds. The number of benzene rings is 1. The van der Waals surface area contributed by atoms with Crippen molar-refractivity contribution in [3.05, 3.63) is 35.1 Å². The van der Waals surface area contributed by atoms with E-state index in [4.69, 9.17) is 10.00 Å². The fraction of sp³-hybridized carbons (Fsp3) is 0.500. The average molecular weight is 292 g/mol. The van der Waals surface area contributed by atoms with Gasteiger partial charge in [-0.2, -0.15) is 5.26 Å². The largest absolute Gasteiger partial charge is 0.459 e. The zero-order chi connectivity index (χ0) is 16.2. The second-order valence-electron chi connectivity index (χ2n) is 6.04. The molecule has 4 nitrogen and oxygen atoms in total. The van der Waals surface area contributed by atoms with Crippen LogP contribution in [-0.2, 0) is 16.1 Å². The molecule has 0 aromatic heterocycles. The maximum Gasteiger partial charge on any atom is 0.323 e. The molecular weight excluding hydrogens is 271 g/mol. The summed E-state index contributed by atoms with van der Waals surface area (Å²) in [5.74, 6) is -0.795. The average Bonchev–Trinajstić information content (AvgIpc) is 2.38. The number of nitrogens with zero attached hydrogens (tertiary/aromatic N) is 2. The summed E-state index contributed by atoms with van der Waals surface area (Å²) in [5.41, 5.74) is 0.164. The Morgan fingerprint density at radius 2 is 2.10 bits per heavy atom. The molecule has 1 atom stereocenters. The van der Waals surface area contributed by atoms with Gasteiger partial charge in [0.2, 0.25) is 0 Å². The first-order valence-electron chi connectivity index (χ1n) is 6.75. The molecule has 1 rings (SSSR count). The zero-order valence-electron chi connectivity index (χ0n) is 13.1. The minimum atomic E-state index is -0.550. The smallest absolute Gasteiger partial charge is 0.323 e. The van der Waals surface area contributed by atoms with E-state index in [9.17, 15) is 9.18 Å². The van der Waals surface area contributed by atoms with Crippen LogP contribution in [0.5, 0.6) is 0 Å². The summed E-state index contributed by atoms with van der Waals surface area (Å²) in [4.78, 5) is 13.7. The molecular formula is C16H21FN2O2. The van der Waals surface area contributed by atoms with Crippen LogP contribution in [0.4, 0.5) is 4.39 Å². The highest BCUT2D eigenvalue weighted by atomic mass is 19.1. The molecule has 0 aliphatic heterocycles. The molecule has 0 bridgehead atoms. The van der Waals surface area contributed by atoms with E-state index in [2.05, 4.69) is 0 Å². The standard InChI is InChI=1S/C16H21FN2O2/c1-11(15(20)21-16(2,3)4)19(5)10-13-7-6-12(9-18)8-14(13)17/h6-8,11H,10H2,1-5H3/t11-/m0/s1. The van der Waals surface area contributed by atoms with E-state index >= 15 is 0 Å². The second kappa shape index (κ2) is 6.68. The van der Waals surface area contributed by atoms with Crippen molar-refractivity contribution in [2.24, 2.45) is 0 Å². The fourth-order valence-electron chi connectivity index (χ4n) is 1.72. The number of esters is 1. The Balaban J connectivity index is 2.75. The van der Waals surface area contributed by atoms with Gasteiger partial charge in [-0.3, -0.25) is 9.69 Å². The van der Waals surface area contributed by atoms with Gasteiger partial charge in [-0.05, 0) is 46.9 Å². The van der Waals surface area contributed by atoms with Crippen LogP contribution < -0.4 is 0 Å². The second-order valence-corrected chi connectivity index (χ2v) is 6.04. The van der Waals surface area contributed by atoms with E-state index in [1.54, 1.807) is 51.8 Å². The molecule has 0 spiro atoms. The molecule has 0 unspecified atom stereocenters. The Bertz CT molecular complexity index is 558. The van der Waals surface area contributed by atoms with E-state index in [-0.39, 0.29) is 18.1 Å². The maximum atomic E-state index is 13.8. The summed E-state index contributed by atoms with van der Waals surface area (Å²) in [6.45, 7) is 7.39. The van der Waals surface area contributed by atoms with Crippen molar-refractivity contribution in [1.29, 1.82) is 5.26 Å². The minimum absolute atomic E-state index is 0.262. The first kappa shape index (κ1) is 17.1. The topological polar surface area (TPSA) is 53.3 Å². The lowest BCUT2D eigenvalue weighted by molar-refractivity contribution is -0.160. The molecule has 0 aliphatic rings. The molecule has 0 aliphatic carbocycles. The maximum absolute atomic E-state index is 13.8. The van der Waals surface area contributed by atoms with Gasteiger partial charge in [-0.15, -0.1) is 0 Å². The summed E-state index contributed by atoms with van der Waals surface area (Å²) in [7, 11) is 1.73. The third-order valence-corrected chi connectivity index (χ3v) is 3.01. The number of halogens is 1. The Morgan fingerprint density at radius 3 is 2.57 bits per heavy atom. The number of carbonyl (C=O) groups excluding carboxylic acids is 1. The van der Waals surface area contributed by atoms with Crippen molar-refractivity contribution >= 4 is 5.97 Å². The zero-order valence-corrected chi connectivity index (χ0v) is 13.1. The first-order valence-corrected chi connectivity index (χ1v) is 6.75. The Labute approximate surface area is 125 Å². The monoisotopic (exact) mass is 292 g/mol. The van der Waals surface area contributed by atoms with E-state index in [1.165, 1.54) is 6.07 Å². The van der Waals surface area contributed by atoms with Gasteiger partial charge in [0.25, 0.3) is 0 Å². The van der Waals surface area contributed by atoms with Gasteiger partial charge < -0.3 is 4.74 Å². The van der Waals surface area contributed by atoms with Crippen molar-refractivity contribution in [2.75, 3.05) is 7.05 Å². The van der Waals surface area contributed by atoms with Crippen LogP contribution in [0.3, 0.4) is 0 Å². The SMILES string of the molecule is C[C@@H](C(=O)OC(C)(C)C)N(C)Cc1ccc(C#N)cc1F. The number of hydrogen-bond donors (Lipinski definition) is 0. The van der Waals surface area contributed by atoms with Gasteiger partial charge in [0.05, 0.1) is 11.6 Å². The minimum Gasteiger partial charge on any atom is -0.459 e.